The van der Waals surface area contributed by atoms with Gasteiger partial charge in [0.15, 0.2) is 0 Å². The third-order valence-electron chi connectivity index (χ3n) is 2.38. The van der Waals surface area contributed by atoms with Crippen LogP contribution in [0.5, 0.6) is 0 Å². The average molecular weight is 272 g/mol. The lowest BCUT2D eigenvalue weighted by Crippen LogP contribution is -2.18. The number of carboxylic acid groups (broad SMARTS) is 1. The van der Waals surface area contributed by atoms with E-state index in [9.17, 15) is 4.79 Å². The lowest BCUT2D eigenvalue weighted by Gasteiger charge is -2.13. The Hall–Kier alpha value is -1.10. The standard InChI is InChI=1S/C13H18ClNO3/c1-2-8-18-9-7-15(14)10-11-3-5-12(6-4-11)13(16)17/h3-6H,2,7-10H2,1H3,(H,16,17). The number of rotatable bonds is 8. The largest absolute Gasteiger partial charge is 0.478 e. The molecule has 0 amide bonds. The van der Waals surface area contributed by atoms with Crippen LogP contribution in [-0.2, 0) is 11.3 Å². The number of hydrogen-bond acceptors (Lipinski definition) is 3. The second kappa shape index (κ2) is 8.08. The van der Waals surface area contributed by atoms with E-state index in [4.69, 9.17) is 21.6 Å². The van der Waals surface area contributed by atoms with Crippen LogP contribution in [0.25, 0.3) is 0 Å². The first-order valence-electron chi connectivity index (χ1n) is 5.94. The van der Waals surface area contributed by atoms with Crippen LogP contribution in [0.4, 0.5) is 0 Å². The van der Waals surface area contributed by atoms with Gasteiger partial charge in [-0.3, -0.25) is 0 Å². The van der Waals surface area contributed by atoms with E-state index in [1.54, 1.807) is 28.7 Å². The normalized spacial score (nSPS) is 10.8. The van der Waals surface area contributed by atoms with Crippen LogP contribution in [0.1, 0.15) is 29.3 Å². The zero-order chi connectivity index (χ0) is 13.4. The zero-order valence-corrected chi connectivity index (χ0v) is 11.2. The maximum absolute atomic E-state index is 10.7. The maximum atomic E-state index is 10.7. The predicted molar refractivity (Wildman–Crippen MR) is 70.8 cm³/mol. The number of halogens is 1. The minimum atomic E-state index is -0.919. The Morgan fingerprint density at radius 1 is 1.33 bits per heavy atom. The first-order chi connectivity index (χ1) is 8.63. The number of hydrogen-bond donors (Lipinski definition) is 1. The smallest absolute Gasteiger partial charge is 0.335 e. The molecule has 18 heavy (non-hydrogen) atoms. The lowest BCUT2D eigenvalue weighted by molar-refractivity contribution is 0.0697. The van der Waals surface area contributed by atoms with Crippen LogP contribution < -0.4 is 0 Å². The minimum Gasteiger partial charge on any atom is -0.478 e. The van der Waals surface area contributed by atoms with Crippen molar-refractivity contribution >= 4 is 17.7 Å². The number of benzene rings is 1. The average Bonchev–Trinajstić information content (AvgIpc) is 2.35. The number of ether oxygens (including phenoxy) is 1. The van der Waals surface area contributed by atoms with Crippen molar-refractivity contribution in [2.75, 3.05) is 19.8 Å². The van der Waals surface area contributed by atoms with E-state index in [1.807, 2.05) is 0 Å². The highest BCUT2D eigenvalue weighted by molar-refractivity contribution is 6.13. The SMILES string of the molecule is CCCOCCN(Cl)Cc1ccc(C(=O)O)cc1. The molecule has 0 saturated carbocycles. The van der Waals surface area contributed by atoms with Crippen LogP contribution in [0.2, 0.25) is 0 Å². The topological polar surface area (TPSA) is 49.8 Å². The molecule has 0 aromatic heterocycles. The van der Waals surface area contributed by atoms with Crippen LogP contribution in [-0.4, -0.2) is 35.3 Å². The Kier molecular flexibility index (Phi) is 6.72. The highest BCUT2D eigenvalue weighted by Crippen LogP contribution is 2.09. The van der Waals surface area contributed by atoms with E-state index in [0.29, 0.717) is 19.7 Å². The van der Waals surface area contributed by atoms with Gasteiger partial charge in [0.2, 0.25) is 0 Å². The van der Waals surface area contributed by atoms with Gasteiger partial charge in [0.1, 0.15) is 0 Å². The Balaban J connectivity index is 2.35. The molecule has 1 N–H and O–H groups in total. The molecule has 4 nitrogen and oxygen atoms in total. The van der Waals surface area contributed by atoms with Crippen LogP contribution in [0.15, 0.2) is 24.3 Å². The molecule has 0 bridgehead atoms. The fraction of sp³-hybridized carbons (Fsp3) is 0.462. The summed E-state index contributed by atoms with van der Waals surface area (Å²) in [4.78, 5) is 10.7. The summed E-state index contributed by atoms with van der Waals surface area (Å²) in [6, 6.07) is 6.70. The van der Waals surface area contributed by atoms with Gasteiger partial charge in [-0.15, -0.1) is 0 Å². The summed E-state index contributed by atoms with van der Waals surface area (Å²) in [6.45, 7) is 4.62. The lowest BCUT2D eigenvalue weighted by atomic mass is 10.1. The fourth-order valence-electron chi connectivity index (χ4n) is 1.44. The molecule has 0 aliphatic carbocycles. The Morgan fingerprint density at radius 3 is 2.56 bits per heavy atom. The first kappa shape index (κ1) is 15.0. The fourth-order valence-corrected chi connectivity index (χ4v) is 1.65. The number of nitrogens with zero attached hydrogens (tertiary/aromatic N) is 1. The van der Waals surface area contributed by atoms with Crippen molar-refractivity contribution in [3.05, 3.63) is 35.4 Å². The van der Waals surface area contributed by atoms with Crippen molar-refractivity contribution in [1.82, 2.24) is 4.42 Å². The van der Waals surface area contributed by atoms with Gasteiger partial charge in [-0.25, -0.2) is 9.21 Å². The molecule has 5 heteroatoms. The maximum Gasteiger partial charge on any atom is 0.335 e. The molecule has 0 saturated heterocycles. The van der Waals surface area contributed by atoms with Gasteiger partial charge >= 0.3 is 5.97 Å². The second-order valence-corrected chi connectivity index (χ2v) is 4.44. The third-order valence-corrected chi connectivity index (χ3v) is 2.67. The molecule has 0 aliphatic rings. The third kappa shape index (κ3) is 5.49. The van der Waals surface area contributed by atoms with Gasteiger partial charge in [-0.1, -0.05) is 19.1 Å². The van der Waals surface area contributed by atoms with Gasteiger partial charge in [-0.05, 0) is 35.9 Å². The van der Waals surface area contributed by atoms with Crippen LogP contribution >= 0.6 is 11.8 Å². The summed E-state index contributed by atoms with van der Waals surface area (Å²) in [5, 5.41) is 8.77. The van der Waals surface area contributed by atoms with E-state index < -0.39 is 5.97 Å². The van der Waals surface area contributed by atoms with Gasteiger partial charge < -0.3 is 9.84 Å². The summed E-state index contributed by atoms with van der Waals surface area (Å²) in [6.07, 6.45) is 0.999. The molecular formula is C13H18ClNO3. The molecule has 1 aromatic carbocycles. The van der Waals surface area contributed by atoms with Crippen molar-refractivity contribution < 1.29 is 14.6 Å². The van der Waals surface area contributed by atoms with E-state index >= 15 is 0 Å². The molecule has 0 spiro atoms. The highest BCUT2D eigenvalue weighted by atomic mass is 35.5. The molecule has 0 heterocycles. The summed E-state index contributed by atoms with van der Waals surface area (Å²) in [7, 11) is 0. The monoisotopic (exact) mass is 271 g/mol. The van der Waals surface area contributed by atoms with Crippen LogP contribution in [0, 0.1) is 0 Å². The number of aromatic carboxylic acids is 1. The van der Waals surface area contributed by atoms with E-state index in [1.165, 1.54) is 0 Å². The highest BCUT2D eigenvalue weighted by Gasteiger charge is 2.05. The Labute approximate surface area is 112 Å². The van der Waals surface area contributed by atoms with Crippen molar-refractivity contribution in [2.45, 2.75) is 19.9 Å². The Bertz CT molecular complexity index is 367. The number of carboxylic acids is 1. The van der Waals surface area contributed by atoms with Gasteiger partial charge in [0.25, 0.3) is 0 Å². The minimum absolute atomic E-state index is 0.283. The summed E-state index contributed by atoms with van der Waals surface area (Å²) >= 11 is 6.03. The van der Waals surface area contributed by atoms with E-state index in [-0.39, 0.29) is 5.56 Å². The molecule has 0 fully saturated rings. The molecular weight excluding hydrogens is 254 g/mol. The van der Waals surface area contributed by atoms with Crippen molar-refractivity contribution in [2.24, 2.45) is 0 Å². The molecule has 0 unspecified atom stereocenters. The first-order valence-corrected chi connectivity index (χ1v) is 6.28. The van der Waals surface area contributed by atoms with Gasteiger partial charge in [-0.2, -0.15) is 0 Å². The summed E-state index contributed by atoms with van der Waals surface area (Å²) < 4.78 is 6.97. The van der Waals surface area contributed by atoms with Crippen molar-refractivity contribution in [3.8, 4) is 0 Å². The molecule has 1 aromatic rings. The van der Waals surface area contributed by atoms with Crippen molar-refractivity contribution in [1.29, 1.82) is 0 Å². The molecule has 0 atom stereocenters. The van der Waals surface area contributed by atoms with Crippen LogP contribution in [0.3, 0.4) is 0 Å². The zero-order valence-electron chi connectivity index (χ0n) is 10.4. The Morgan fingerprint density at radius 2 is 2.00 bits per heavy atom. The van der Waals surface area contributed by atoms with E-state index in [2.05, 4.69) is 6.92 Å². The quantitative estimate of drug-likeness (QED) is 0.583. The van der Waals surface area contributed by atoms with Gasteiger partial charge in [0, 0.05) is 19.7 Å². The molecule has 0 aliphatic heterocycles. The van der Waals surface area contributed by atoms with E-state index in [0.717, 1.165) is 18.6 Å². The second-order valence-electron chi connectivity index (χ2n) is 3.96. The molecule has 1 rings (SSSR count). The predicted octanol–water partition coefficient (Wildman–Crippen LogP) is 2.77. The molecule has 0 radical (unpaired) electrons. The van der Waals surface area contributed by atoms with Gasteiger partial charge in [0.05, 0.1) is 12.2 Å². The number of carbonyl (C=O) groups is 1. The summed E-state index contributed by atoms with van der Waals surface area (Å²) in [5.41, 5.74) is 1.26. The molecule has 100 valence electrons. The summed E-state index contributed by atoms with van der Waals surface area (Å²) in [5.74, 6) is -0.919. The van der Waals surface area contributed by atoms with Crippen molar-refractivity contribution in [3.63, 3.8) is 0 Å².